The second-order valence-electron chi connectivity index (χ2n) is 5.42. The molecule has 3 heterocycles. The van der Waals surface area contributed by atoms with Crippen molar-refractivity contribution in [3.05, 3.63) is 29.7 Å². The van der Waals surface area contributed by atoms with E-state index in [9.17, 15) is 4.79 Å². The van der Waals surface area contributed by atoms with Gasteiger partial charge < -0.3 is 4.42 Å². The Balaban J connectivity index is 1.79. The van der Waals surface area contributed by atoms with Gasteiger partial charge >= 0.3 is 6.01 Å². The summed E-state index contributed by atoms with van der Waals surface area (Å²) in [4.78, 5) is 12.3. The minimum atomic E-state index is -0.358. The molecule has 9 heteroatoms. The van der Waals surface area contributed by atoms with Gasteiger partial charge in [-0.1, -0.05) is 5.10 Å². The number of rotatable bonds is 4. The average Bonchev–Trinajstić information content (AvgIpc) is 3.19. The summed E-state index contributed by atoms with van der Waals surface area (Å²) >= 11 is 0. The van der Waals surface area contributed by atoms with Gasteiger partial charge in [-0.15, -0.1) is 5.10 Å². The zero-order valence-electron chi connectivity index (χ0n) is 13.3. The molecule has 0 atom stereocenters. The van der Waals surface area contributed by atoms with Gasteiger partial charge in [-0.2, -0.15) is 10.2 Å². The van der Waals surface area contributed by atoms with E-state index in [4.69, 9.17) is 4.42 Å². The molecule has 9 nitrogen and oxygen atoms in total. The van der Waals surface area contributed by atoms with E-state index in [2.05, 4.69) is 25.7 Å². The van der Waals surface area contributed by atoms with Gasteiger partial charge in [0.05, 0.1) is 0 Å². The zero-order chi connectivity index (χ0) is 16.6. The van der Waals surface area contributed by atoms with Crippen molar-refractivity contribution in [2.24, 2.45) is 7.05 Å². The Morgan fingerprint density at radius 2 is 2.13 bits per heavy atom. The Morgan fingerprint density at radius 1 is 1.35 bits per heavy atom. The largest absolute Gasteiger partial charge is 0.401 e. The molecule has 0 spiro atoms. The van der Waals surface area contributed by atoms with Gasteiger partial charge in [0, 0.05) is 25.0 Å². The summed E-state index contributed by atoms with van der Waals surface area (Å²) < 4.78 is 8.77. The van der Waals surface area contributed by atoms with Crippen LogP contribution < -0.4 is 5.32 Å². The quantitative estimate of drug-likeness (QED) is 0.787. The van der Waals surface area contributed by atoms with Crippen molar-refractivity contribution in [3.63, 3.8) is 0 Å². The Hall–Kier alpha value is -2.97. The summed E-state index contributed by atoms with van der Waals surface area (Å²) in [5, 5.41) is 18.7. The van der Waals surface area contributed by atoms with Crippen LogP contribution in [0.5, 0.6) is 0 Å². The predicted octanol–water partition coefficient (Wildman–Crippen LogP) is 1.81. The first kappa shape index (κ1) is 14.9. The number of carbonyl (C=O) groups excluding carboxylic acids is 1. The molecule has 3 rings (SSSR count). The molecule has 0 saturated carbocycles. The van der Waals surface area contributed by atoms with Crippen LogP contribution in [0.3, 0.4) is 0 Å². The summed E-state index contributed by atoms with van der Waals surface area (Å²) in [6.45, 7) is 5.80. The fourth-order valence-corrected chi connectivity index (χ4v) is 2.11. The van der Waals surface area contributed by atoms with Crippen LogP contribution in [0.25, 0.3) is 11.6 Å². The highest BCUT2D eigenvalue weighted by Crippen LogP contribution is 2.19. The van der Waals surface area contributed by atoms with E-state index in [0.29, 0.717) is 11.4 Å². The molecular formula is C14H17N7O2. The van der Waals surface area contributed by atoms with Gasteiger partial charge in [0.15, 0.2) is 0 Å². The van der Waals surface area contributed by atoms with Gasteiger partial charge in [-0.25, -0.2) is 0 Å². The lowest BCUT2D eigenvalue weighted by Crippen LogP contribution is -2.19. The molecule has 0 radical (unpaired) electrons. The van der Waals surface area contributed by atoms with Crippen LogP contribution in [0, 0.1) is 6.92 Å². The van der Waals surface area contributed by atoms with Crippen LogP contribution in [0.2, 0.25) is 0 Å². The summed E-state index contributed by atoms with van der Waals surface area (Å²) in [5.74, 6) is -0.107. The Morgan fingerprint density at radius 3 is 2.78 bits per heavy atom. The summed E-state index contributed by atoms with van der Waals surface area (Å²) in [6.07, 6.45) is 1.57. The molecular weight excluding hydrogens is 298 g/mol. The maximum Gasteiger partial charge on any atom is 0.322 e. The number of carbonyl (C=O) groups is 1. The molecule has 0 aliphatic carbocycles. The second kappa shape index (κ2) is 5.67. The fraction of sp³-hybridized carbons (Fsp3) is 0.357. The molecule has 0 bridgehead atoms. The standard InChI is InChI=1S/C14H17N7O2/c1-8(2)21-11(5-6-15-21)12(22)16-14-18-17-13(23-14)10-7-9(3)20(4)19-10/h5-8H,1-4H3,(H,16,18,22). The first-order chi connectivity index (χ1) is 11.0. The molecule has 23 heavy (non-hydrogen) atoms. The molecule has 0 aliphatic heterocycles. The molecule has 0 saturated heterocycles. The maximum absolute atomic E-state index is 12.3. The molecule has 0 aliphatic rings. The highest BCUT2D eigenvalue weighted by molar-refractivity contribution is 6.01. The minimum absolute atomic E-state index is 0.0183. The molecule has 120 valence electrons. The van der Waals surface area contributed by atoms with Crippen molar-refractivity contribution < 1.29 is 9.21 Å². The van der Waals surface area contributed by atoms with E-state index in [0.717, 1.165) is 5.69 Å². The van der Waals surface area contributed by atoms with Crippen LogP contribution >= 0.6 is 0 Å². The smallest absolute Gasteiger partial charge is 0.322 e. The van der Waals surface area contributed by atoms with Crippen LogP contribution in [0.4, 0.5) is 6.01 Å². The summed E-state index contributed by atoms with van der Waals surface area (Å²) in [6, 6.07) is 3.55. The number of aryl methyl sites for hydroxylation is 2. The topological polar surface area (TPSA) is 104 Å². The number of aromatic nitrogens is 6. The van der Waals surface area contributed by atoms with Gasteiger partial charge in [-0.05, 0) is 32.9 Å². The summed E-state index contributed by atoms with van der Waals surface area (Å²) in [7, 11) is 1.82. The SMILES string of the molecule is Cc1cc(-c2nnc(NC(=O)c3ccnn3C(C)C)o2)nn1C. The van der Waals surface area contributed by atoms with E-state index in [1.807, 2.05) is 33.9 Å². The van der Waals surface area contributed by atoms with Gasteiger partial charge in [0.2, 0.25) is 0 Å². The summed E-state index contributed by atoms with van der Waals surface area (Å²) in [5.41, 5.74) is 1.95. The third kappa shape index (κ3) is 2.85. The number of hydrogen-bond acceptors (Lipinski definition) is 6. The van der Waals surface area contributed by atoms with Crippen LogP contribution in [-0.2, 0) is 7.05 Å². The van der Waals surface area contributed by atoms with Gasteiger partial charge in [0.1, 0.15) is 11.4 Å². The number of amides is 1. The zero-order valence-corrected chi connectivity index (χ0v) is 13.3. The van der Waals surface area contributed by atoms with Crippen LogP contribution in [0.15, 0.2) is 22.7 Å². The maximum atomic E-state index is 12.3. The lowest BCUT2D eigenvalue weighted by molar-refractivity contribution is 0.101. The predicted molar refractivity (Wildman–Crippen MR) is 81.8 cm³/mol. The second-order valence-corrected chi connectivity index (χ2v) is 5.42. The van der Waals surface area contributed by atoms with E-state index >= 15 is 0 Å². The number of anilines is 1. The van der Waals surface area contributed by atoms with E-state index < -0.39 is 0 Å². The Kier molecular flexibility index (Phi) is 3.68. The molecule has 0 unspecified atom stereocenters. The van der Waals surface area contributed by atoms with Crippen molar-refractivity contribution in [3.8, 4) is 11.6 Å². The highest BCUT2D eigenvalue weighted by Gasteiger charge is 2.18. The van der Waals surface area contributed by atoms with E-state index in [1.165, 1.54) is 0 Å². The van der Waals surface area contributed by atoms with Gasteiger partial charge in [-0.3, -0.25) is 19.5 Å². The average molecular weight is 315 g/mol. The first-order valence-electron chi connectivity index (χ1n) is 7.15. The lowest BCUT2D eigenvalue weighted by atomic mass is 10.3. The monoisotopic (exact) mass is 315 g/mol. The third-order valence-corrected chi connectivity index (χ3v) is 3.37. The number of hydrogen-bond donors (Lipinski definition) is 1. The van der Waals surface area contributed by atoms with Crippen molar-refractivity contribution in [1.29, 1.82) is 0 Å². The molecule has 0 fully saturated rings. The molecule has 1 amide bonds. The molecule has 3 aromatic rings. The Labute approximate surface area is 132 Å². The highest BCUT2D eigenvalue weighted by atomic mass is 16.4. The van der Waals surface area contributed by atoms with Crippen molar-refractivity contribution >= 4 is 11.9 Å². The minimum Gasteiger partial charge on any atom is -0.401 e. The molecule has 0 aromatic carbocycles. The normalized spacial score (nSPS) is 11.2. The van der Waals surface area contributed by atoms with Crippen LogP contribution in [-0.4, -0.2) is 35.7 Å². The molecule has 3 aromatic heterocycles. The number of nitrogens with zero attached hydrogens (tertiary/aromatic N) is 6. The van der Waals surface area contributed by atoms with E-state index in [-0.39, 0.29) is 23.9 Å². The van der Waals surface area contributed by atoms with Crippen molar-refractivity contribution in [2.75, 3.05) is 5.32 Å². The van der Waals surface area contributed by atoms with E-state index in [1.54, 1.807) is 21.6 Å². The van der Waals surface area contributed by atoms with Crippen LogP contribution in [0.1, 0.15) is 36.1 Å². The first-order valence-corrected chi connectivity index (χ1v) is 7.15. The number of nitrogens with one attached hydrogen (secondary N) is 1. The fourth-order valence-electron chi connectivity index (χ4n) is 2.11. The van der Waals surface area contributed by atoms with Gasteiger partial charge in [0.25, 0.3) is 11.8 Å². The molecule has 1 N–H and O–H groups in total. The van der Waals surface area contributed by atoms with Crippen molar-refractivity contribution in [2.45, 2.75) is 26.8 Å². The Bertz CT molecular complexity index is 824. The lowest BCUT2D eigenvalue weighted by Gasteiger charge is -2.09. The third-order valence-electron chi connectivity index (χ3n) is 3.37. The van der Waals surface area contributed by atoms with Crippen molar-refractivity contribution in [1.82, 2.24) is 29.8 Å².